The Hall–Kier alpha value is -1.77. The minimum absolute atomic E-state index is 0.136. The molecule has 2 unspecified atom stereocenters. The third-order valence-electron chi connectivity index (χ3n) is 9.00. The van der Waals surface area contributed by atoms with Gasteiger partial charge in [-0.3, -0.25) is 4.79 Å². The monoisotopic (exact) mass is 750 g/mol. The van der Waals surface area contributed by atoms with E-state index in [1.54, 1.807) is 0 Å². The van der Waals surface area contributed by atoms with Gasteiger partial charge in [0.15, 0.2) is 6.29 Å². The molecule has 0 aliphatic carbocycles. The number of hydrogen-bond donors (Lipinski definition) is 3. The van der Waals surface area contributed by atoms with E-state index >= 15 is 0 Å². The standard InChI is InChI=1S/2C18H34O.C10H19NO4/c2*1-2-3-4-5-6-7-8-9-10-11-12-13-14-15-16-17-18-19;1-11(2)6-5-9(12)14-7-8-3-4-10(13)15-8/h2*6-7,9-10,19H,2-5,8,11-18H2,1H3;8,10,13H,3-7H2,1-2H3/b2*7-6-,10-9-;. The van der Waals surface area contributed by atoms with Gasteiger partial charge in [0.25, 0.3) is 0 Å². The summed E-state index contributed by atoms with van der Waals surface area (Å²) in [5.41, 5.74) is 0. The Balaban J connectivity index is 0. The molecule has 7 heteroatoms. The van der Waals surface area contributed by atoms with Crippen molar-refractivity contribution in [3.8, 4) is 0 Å². The number of unbranched alkanes of at least 4 members (excludes halogenated alkanes) is 18. The predicted molar refractivity (Wildman–Crippen MR) is 227 cm³/mol. The first kappa shape index (κ1) is 53.3. The number of rotatable bonds is 33. The molecule has 0 aromatic rings. The lowest BCUT2D eigenvalue weighted by Gasteiger charge is -2.12. The molecule has 0 amide bonds. The molecule has 0 bridgehead atoms. The fraction of sp³-hybridized carbons (Fsp3) is 0.804. The lowest BCUT2D eigenvalue weighted by molar-refractivity contribution is -0.152. The summed E-state index contributed by atoms with van der Waals surface area (Å²) in [6, 6.07) is 0. The summed E-state index contributed by atoms with van der Waals surface area (Å²) in [6.45, 7) is 6.15. The Kier molecular flexibility index (Phi) is 46.7. The molecule has 1 aliphatic rings. The number of aliphatic hydroxyl groups excluding tert-OH is 3. The van der Waals surface area contributed by atoms with E-state index in [-0.39, 0.29) is 18.7 Å². The van der Waals surface area contributed by atoms with Crippen molar-refractivity contribution in [2.75, 3.05) is 40.5 Å². The smallest absolute Gasteiger partial charge is 0.307 e. The zero-order valence-corrected chi connectivity index (χ0v) is 35.2. The molecule has 0 saturated carbocycles. The van der Waals surface area contributed by atoms with Crippen molar-refractivity contribution < 1.29 is 29.6 Å². The predicted octanol–water partition coefficient (Wildman–Crippen LogP) is 11.6. The Morgan fingerprint density at radius 1 is 0.604 bits per heavy atom. The summed E-state index contributed by atoms with van der Waals surface area (Å²) in [6.07, 6.45) is 49.4. The van der Waals surface area contributed by atoms with Crippen molar-refractivity contribution >= 4 is 5.97 Å². The zero-order valence-electron chi connectivity index (χ0n) is 35.2. The van der Waals surface area contributed by atoms with Crippen LogP contribution in [-0.2, 0) is 14.3 Å². The van der Waals surface area contributed by atoms with Crippen molar-refractivity contribution in [2.45, 2.75) is 200 Å². The molecule has 1 aliphatic heterocycles. The second kappa shape index (κ2) is 46.4. The average molecular weight is 750 g/mol. The summed E-state index contributed by atoms with van der Waals surface area (Å²) in [5.74, 6) is -0.214. The Labute approximate surface area is 328 Å². The Morgan fingerprint density at radius 3 is 1.36 bits per heavy atom. The maximum Gasteiger partial charge on any atom is 0.307 e. The van der Waals surface area contributed by atoms with Crippen molar-refractivity contribution in [1.82, 2.24) is 4.90 Å². The highest BCUT2D eigenvalue weighted by Crippen LogP contribution is 2.17. The summed E-state index contributed by atoms with van der Waals surface area (Å²) in [4.78, 5) is 13.1. The molecule has 7 nitrogen and oxygen atoms in total. The molecule has 1 fully saturated rings. The number of carbonyl (C=O) groups is 1. The largest absolute Gasteiger partial charge is 0.463 e. The summed E-state index contributed by atoms with van der Waals surface area (Å²) >= 11 is 0. The van der Waals surface area contributed by atoms with Crippen molar-refractivity contribution in [3.05, 3.63) is 48.6 Å². The number of carbonyl (C=O) groups excluding carboxylic acids is 1. The van der Waals surface area contributed by atoms with Crippen LogP contribution in [0.3, 0.4) is 0 Å². The van der Waals surface area contributed by atoms with E-state index in [0.29, 0.717) is 32.6 Å². The summed E-state index contributed by atoms with van der Waals surface area (Å²) in [7, 11) is 3.81. The van der Waals surface area contributed by atoms with Gasteiger partial charge in [-0.2, -0.15) is 0 Å². The third kappa shape index (κ3) is 48.2. The van der Waals surface area contributed by atoms with Crippen LogP contribution in [0.15, 0.2) is 48.6 Å². The topological polar surface area (TPSA) is 99.5 Å². The Morgan fingerprint density at radius 2 is 1.00 bits per heavy atom. The highest BCUT2D eigenvalue weighted by Gasteiger charge is 2.24. The molecular formula is C46H87NO6. The van der Waals surface area contributed by atoms with Gasteiger partial charge in [0, 0.05) is 26.2 Å². The molecule has 0 radical (unpaired) electrons. The molecule has 1 heterocycles. The van der Waals surface area contributed by atoms with Crippen LogP contribution in [-0.4, -0.2) is 79.0 Å². The van der Waals surface area contributed by atoms with Gasteiger partial charge in [-0.15, -0.1) is 0 Å². The van der Waals surface area contributed by atoms with Crippen molar-refractivity contribution in [3.63, 3.8) is 0 Å². The first-order chi connectivity index (χ1) is 25.9. The quantitative estimate of drug-likeness (QED) is 0.0349. The molecule has 0 spiro atoms. The molecule has 0 aromatic carbocycles. The highest BCUT2D eigenvalue weighted by atomic mass is 16.6. The molecule has 1 rings (SSSR count). The number of nitrogens with zero attached hydrogens (tertiary/aromatic N) is 1. The number of esters is 1. The molecule has 3 N–H and O–H groups in total. The van der Waals surface area contributed by atoms with Gasteiger partial charge >= 0.3 is 5.97 Å². The maximum atomic E-state index is 11.2. The van der Waals surface area contributed by atoms with Crippen LogP contribution < -0.4 is 0 Å². The second-order valence-corrected chi connectivity index (χ2v) is 14.6. The molecule has 312 valence electrons. The highest BCUT2D eigenvalue weighted by molar-refractivity contribution is 5.69. The van der Waals surface area contributed by atoms with E-state index in [4.69, 9.17) is 24.8 Å². The maximum absolute atomic E-state index is 11.2. The van der Waals surface area contributed by atoms with Crippen molar-refractivity contribution in [1.29, 1.82) is 0 Å². The van der Waals surface area contributed by atoms with E-state index in [1.165, 1.54) is 128 Å². The molecule has 1 saturated heterocycles. The third-order valence-corrected chi connectivity index (χ3v) is 9.00. The van der Waals surface area contributed by atoms with E-state index in [9.17, 15) is 4.79 Å². The number of aliphatic hydroxyl groups is 3. The van der Waals surface area contributed by atoms with Crippen molar-refractivity contribution in [2.24, 2.45) is 0 Å². The van der Waals surface area contributed by atoms with Gasteiger partial charge < -0.3 is 29.7 Å². The fourth-order valence-electron chi connectivity index (χ4n) is 5.58. The molecule has 0 aromatic heterocycles. The van der Waals surface area contributed by atoms with Gasteiger partial charge in [-0.1, -0.05) is 140 Å². The minimum Gasteiger partial charge on any atom is -0.463 e. The summed E-state index contributed by atoms with van der Waals surface area (Å²) < 4.78 is 10.1. The zero-order chi connectivity index (χ0) is 39.3. The average Bonchev–Trinajstić information content (AvgIpc) is 3.58. The lowest BCUT2D eigenvalue weighted by Crippen LogP contribution is -2.22. The van der Waals surface area contributed by atoms with Gasteiger partial charge in [-0.25, -0.2) is 0 Å². The SMILES string of the molecule is CCCCC/C=C\C/C=C\CCCCCCCCO.CCCCC/C=C\C/C=C\CCCCCCCCO.CN(C)CCC(=O)OCC1CCC(O)O1. The van der Waals surface area contributed by atoms with Gasteiger partial charge in [0.1, 0.15) is 6.61 Å². The van der Waals surface area contributed by atoms with Crippen LogP contribution in [0.5, 0.6) is 0 Å². The number of hydrogen-bond acceptors (Lipinski definition) is 7. The van der Waals surface area contributed by atoms with E-state index < -0.39 is 6.29 Å². The van der Waals surface area contributed by atoms with E-state index in [2.05, 4.69) is 62.5 Å². The Bertz CT molecular complexity index is 794. The van der Waals surface area contributed by atoms with Gasteiger partial charge in [0.05, 0.1) is 12.5 Å². The van der Waals surface area contributed by atoms with Crippen LogP contribution in [0, 0.1) is 0 Å². The molecule has 53 heavy (non-hydrogen) atoms. The number of allylic oxidation sites excluding steroid dienone is 8. The van der Waals surface area contributed by atoms with Crippen LogP contribution in [0.4, 0.5) is 0 Å². The van der Waals surface area contributed by atoms with Crippen LogP contribution in [0.2, 0.25) is 0 Å². The van der Waals surface area contributed by atoms with E-state index in [0.717, 1.165) is 32.1 Å². The van der Waals surface area contributed by atoms with E-state index in [1.807, 2.05) is 19.0 Å². The molecule has 2 atom stereocenters. The number of ether oxygens (including phenoxy) is 2. The first-order valence-electron chi connectivity index (χ1n) is 21.9. The molecular weight excluding hydrogens is 663 g/mol. The van der Waals surface area contributed by atoms with Gasteiger partial charge in [0.2, 0.25) is 0 Å². The summed E-state index contributed by atoms with van der Waals surface area (Å²) in [5, 5.41) is 26.4. The fourth-order valence-corrected chi connectivity index (χ4v) is 5.58. The van der Waals surface area contributed by atoms with Crippen LogP contribution >= 0.6 is 0 Å². The minimum atomic E-state index is -0.685. The lowest BCUT2D eigenvalue weighted by atomic mass is 10.1. The first-order valence-corrected chi connectivity index (χ1v) is 21.9. The normalized spacial score (nSPS) is 15.8. The second-order valence-electron chi connectivity index (χ2n) is 14.6. The van der Waals surface area contributed by atoms with Crippen LogP contribution in [0.1, 0.15) is 187 Å². The van der Waals surface area contributed by atoms with Gasteiger partial charge in [-0.05, 0) is 97.6 Å². The van der Waals surface area contributed by atoms with Crippen LogP contribution in [0.25, 0.3) is 0 Å².